The largest absolute Gasteiger partial charge is 0.328 e. The molecular formula is C20H19N3O3. The van der Waals surface area contributed by atoms with Gasteiger partial charge in [-0.05, 0) is 37.1 Å². The fourth-order valence-electron chi connectivity index (χ4n) is 3.74. The first-order valence-electron chi connectivity index (χ1n) is 8.68. The van der Waals surface area contributed by atoms with Gasteiger partial charge in [0.2, 0.25) is 5.91 Å². The third-order valence-electron chi connectivity index (χ3n) is 4.93. The van der Waals surface area contributed by atoms with E-state index in [0.717, 1.165) is 12.1 Å². The Morgan fingerprint density at radius 3 is 2.69 bits per heavy atom. The first kappa shape index (κ1) is 16.3. The van der Waals surface area contributed by atoms with Crippen LogP contribution in [0.4, 0.5) is 5.69 Å². The summed E-state index contributed by atoms with van der Waals surface area (Å²) in [5, 5.41) is 0.444. The van der Waals surface area contributed by atoms with Gasteiger partial charge in [-0.25, -0.2) is 4.79 Å². The summed E-state index contributed by atoms with van der Waals surface area (Å²) in [6, 6.07) is 14.9. The number of carbonyl (C=O) groups is 1. The van der Waals surface area contributed by atoms with Gasteiger partial charge in [-0.2, -0.15) is 0 Å². The lowest BCUT2D eigenvalue weighted by Gasteiger charge is -2.23. The fourth-order valence-corrected chi connectivity index (χ4v) is 3.74. The molecule has 1 aliphatic heterocycles. The Hall–Kier alpha value is -3.15. The number of nitrogens with one attached hydrogen (secondary N) is 1. The van der Waals surface area contributed by atoms with E-state index in [1.165, 1.54) is 10.1 Å². The second kappa shape index (κ2) is 6.29. The smallest absolute Gasteiger partial charge is 0.309 e. The maximum atomic E-state index is 12.8. The number of carbonyl (C=O) groups excluding carboxylic acids is 1. The monoisotopic (exact) mass is 349 g/mol. The SMILES string of the molecule is C[C@@H]1Cc2ccccc2N1C(=O)CCn1c(=O)[nH]c(=O)c2ccccc21. The number of aryl methyl sites for hydroxylation is 1. The molecule has 1 aromatic heterocycles. The Kier molecular flexibility index (Phi) is 3.95. The molecule has 0 bridgehead atoms. The number of amides is 1. The highest BCUT2D eigenvalue weighted by atomic mass is 16.2. The first-order valence-corrected chi connectivity index (χ1v) is 8.68. The lowest BCUT2D eigenvalue weighted by atomic mass is 10.1. The van der Waals surface area contributed by atoms with E-state index in [0.29, 0.717) is 10.9 Å². The summed E-state index contributed by atoms with van der Waals surface area (Å²) in [6.45, 7) is 2.25. The standard InChI is InChI=1S/C20H19N3O3/c1-13-12-14-6-2-4-8-16(14)23(13)18(24)10-11-22-17-9-5-3-7-15(17)19(25)21-20(22)26/h2-9,13H,10-12H2,1H3,(H,21,25,26)/t13-/m1/s1. The van der Waals surface area contributed by atoms with Gasteiger partial charge in [0, 0.05) is 24.7 Å². The van der Waals surface area contributed by atoms with Gasteiger partial charge in [0.05, 0.1) is 10.9 Å². The van der Waals surface area contributed by atoms with E-state index in [1.807, 2.05) is 36.1 Å². The minimum atomic E-state index is -0.489. The van der Waals surface area contributed by atoms with Crippen LogP contribution in [0.5, 0.6) is 0 Å². The van der Waals surface area contributed by atoms with E-state index >= 15 is 0 Å². The van der Waals surface area contributed by atoms with E-state index in [-0.39, 0.29) is 24.9 Å². The van der Waals surface area contributed by atoms with Crippen molar-refractivity contribution in [3.8, 4) is 0 Å². The molecule has 0 aliphatic carbocycles. The number of aromatic amines is 1. The van der Waals surface area contributed by atoms with E-state index in [2.05, 4.69) is 4.98 Å². The molecule has 6 nitrogen and oxygen atoms in total. The molecule has 2 aromatic carbocycles. The Bertz CT molecular complexity index is 1110. The number of benzene rings is 2. The van der Waals surface area contributed by atoms with E-state index < -0.39 is 11.2 Å². The summed E-state index contributed by atoms with van der Waals surface area (Å²) >= 11 is 0. The zero-order valence-corrected chi connectivity index (χ0v) is 14.4. The molecule has 6 heteroatoms. The van der Waals surface area contributed by atoms with Gasteiger partial charge in [-0.15, -0.1) is 0 Å². The molecule has 0 radical (unpaired) electrons. The van der Waals surface area contributed by atoms with E-state index in [9.17, 15) is 14.4 Å². The van der Waals surface area contributed by atoms with Crippen molar-refractivity contribution >= 4 is 22.5 Å². The molecule has 3 aromatic rings. The molecule has 1 N–H and O–H groups in total. The normalized spacial score (nSPS) is 16.0. The van der Waals surface area contributed by atoms with Crippen molar-refractivity contribution < 1.29 is 4.79 Å². The van der Waals surface area contributed by atoms with E-state index in [4.69, 9.17) is 0 Å². The van der Waals surface area contributed by atoms with Crippen LogP contribution in [-0.4, -0.2) is 21.5 Å². The maximum absolute atomic E-state index is 12.8. The van der Waals surface area contributed by atoms with Crippen LogP contribution in [0, 0.1) is 0 Å². The summed E-state index contributed by atoms with van der Waals surface area (Å²) in [5.41, 5.74) is 1.76. The molecule has 1 atom stereocenters. The lowest BCUT2D eigenvalue weighted by Crippen LogP contribution is -2.37. The highest BCUT2D eigenvalue weighted by Crippen LogP contribution is 2.32. The highest BCUT2D eigenvalue weighted by Gasteiger charge is 2.30. The van der Waals surface area contributed by atoms with Gasteiger partial charge in [0.1, 0.15) is 0 Å². The Labute approximate surface area is 149 Å². The number of fused-ring (bicyclic) bond motifs is 2. The van der Waals surface area contributed by atoms with Crippen LogP contribution in [-0.2, 0) is 17.8 Å². The van der Waals surface area contributed by atoms with Crippen LogP contribution in [0.1, 0.15) is 18.9 Å². The summed E-state index contributed by atoms with van der Waals surface area (Å²) in [7, 11) is 0. The number of H-pyrrole nitrogens is 1. The lowest BCUT2D eigenvalue weighted by molar-refractivity contribution is -0.119. The predicted octanol–water partition coefficient (Wildman–Crippen LogP) is 2.06. The van der Waals surface area contributed by atoms with Gasteiger partial charge in [-0.3, -0.25) is 19.1 Å². The van der Waals surface area contributed by atoms with Gasteiger partial charge >= 0.3 is 5.69 Å². The Balaban J connectivity index is 1.63. The minimum Gasteiger partial charge on any atom is -0.309 e. The molecular weight excluding hydrogens is 330 g/mol. The topological polar surface area (TPSA) is 75.2 Å². The molecule has 0 unspecified atom stereocenters. The predicted molar refractivity (Wildman–Crippen MR) is 101 cm³/mol. The number of aromatic nitrogens is 2. The van der Waals surface area contributed by atoms with Gasteiger partial charge < -0.3 is 4.90 Å². The van der Waals surface area contributed by atoms with Crippen LogP contribution in [0.2, 0.25) is 0 Å². The highest BCUT2D eigenvalue weighted by molar-refractivity contribution is 5.96. The molecule has 132 valence electrons. The number of nitrogens with zero attached hydrogens (tertiary/aromatic N) is 2. The molecule has 26 heavy (non-hydrogen) atoms. The van der Waals surface area contributed by atoms with Crippen LogP contribution in [0.25, 0.3) is 10.9 Å². The van der Waals surface area contributed by atoms with Crippen molar-refractivity contribution in [1.29, 1.82) is 0 Å². The molecule has 2 heterocycles. The van der Waals surface area contributed by atoms with Crippen molar-refractivity contribution in [1.82, 2.24) is 9.55 Å². The zero-order chi connectivity index (χ0) is 18.3. The summed E-state index contributed by atoms with van der Waals surface area (Å²) in [6.07, 6.45) is 1.03. The third kappa shape index (κ3) is 2.63. The Morgan fingerprint density at radius 1 is 1.12 bits per heavy atom. The second-order valence-electron chi connectivity index (χ2n) is 6.62. The average molecular weight is 349 g/mol. The molecule has 0 saturated heterocycles. The average Bonchev–Trinajstić information content (AvgIpc) is 2.97. The summed E-state index contributed by atoms with van der Waals surface area (Å²) < 4.78 is 1.46. The number of rotatable bonds is 3. The summed E-state index contributed by atoms with van der Waals surface area (Å²) in [5.74, 6) is -0.0235. The van der Waals surface area contributed by atoms with Crippen molar-refractivity contribution in [2.75, 3.05) is 4.90 Å². The molecule has 1 amide bonds. The van der Waals surface area contributed by atoms with Crippen molar-refractivity contribution in [3.63, 3.8) is 0 Å². The van der Waals surface area contributed by atoms with Gasteiger partial charge in [-0.1, -0.05) is 30.3 Å². The van der Waals surface area contributed by atoms with Crippen LogP contribution < -0.4 is 16.1 Å². The molecule has 0 fully saturated rings. The summed E-state index contributed by atoms with van der Waals surface area (Å²) in [4.78, 5) is 41.2. The van der Waals surface area contributed by atoms with Crippen LogP contribution in [0.3, 0.4) is 0 Å². The molecule has 0 spiro atoms. The zero-order valence-electron chi connectivity index (χ0n) is 14.4. The minimum absolute atomic E-state index is 0.0235. The number of hydrogen-bond acceptors (Lipinski definition) is 3. The van der Waals surface area contributed by atoms with E-state index in [1.54, 1.807) is 24.3 Å². The molecule has 1 aliphatic rings. The first-order chi connectivity index (χ1) is 12.6. The van der Waals surface area contributed by atoms with Crippen molar-refractivity contribution in [3.05, 3.63) is 74.9 Å². The molecule has 4 rings (SSSR count). The molecule has 0 saturated carbocycles. The maximum Gasteiger partial charge on any atom is 0.328 e. The van der Waals surface area contributed by atoms with Gasteiger partial charge in [0.15, 0.2) is 0 Å². The second-order valence-corrected chi connectivity index (χ2v) is 6.62. The van der Waals surface area contributed by atoms with Crippen molar-refractivity contribution in [2.45, 2.75) is 32.4 Å². The Morgan fingerprint density at radius 2 is 1.85 bits per heavy atom. The number of hydrogen-bond donors (Lipinski definition) is 1. The van der Waals surface area contributed by atoms with Crippen molar-refractivity contribution in [2.24, 2.45) is 0 Å². The third-order valence-corrected chi connectivity index (χ3v) is 4.93. The number of para-hydroxylation sites is 2. The number of anilines is 1. The quantitative estimate of drug-likeness (QED) is 0.786. The van der Waals surface area contributed by atoms with Crippen LogP contribution in [0.15, 0.2) is 58.1 Å². The van der Waals surface area contributed by atoms with Gasteiger partial charge in [0.25, 0.3) is 5.56 Å². The van der Waals surface area contributed by atoms with Crippen LogP contribution >= 0.6 is 0 Å². The fraction of sp³-hybridized carbons (Fsp3) is 0.250.